The zero-order chi connectivity index (χ0) is 24.9. The Kier molecular flexibility index (Phi) is 5.66. The van der Waals surface area contributed by atoms with Crippen LogP contribution in [0.1, 0.15) is 41.2 Å². The molecule has 3 aromatic rings. The van der Waals surface area contributed by atoms with E-state index in [0.717, 1.165) is 23.4 Å². The minimum atomic E-state index is -4.51. The Morgan fingerprint density at radius 3 is 2.60 bits per heavy atom. The van der Waals surface area contributed by atoms with Crippen molar-refractivity contribution in [3.63, 3.8) is 0 Å². The van der Waals surface area contributed by atoms with Crippen molar-refractivity contribution in [3.8, 4) is 0 Å². The Labute approximate surface area is 198 Å². The van der Waals surface area contributed by atoms with Crippen LogP contribution in [0.3, 0.4) is 0 Å². The molecule has 35 heavy (non-hydrogen) atoms. The zero-order valence-electron chi connectivity index (χ0n) is 19.3. The number of urea groups is 1. The number of nitrogens with two attached hydrogens (primary N) is 1. The minimum Gasteiger partial charge on any atom is -0.399 e. The molecule has 186 valence electrons. The topological polar surface area (TPSA) is 114 Å². The monoisotopic (exact) mass is 490 g/mol. The number of nitrogens with zero attached hydrogens (tertiary/aromatic N) is 6. The van der Waals surface area contributed by atoms with Crippen molar-refractivity contribution < 1.29 is 22.7 Å². The van der Waals surface area contributed by atoms with Gasteiger partial charge >= 0.3 is 12.2 Å². The van der Waals surface area contributed by atoms with E-state index >= 15 is 0 Å². The SMILES string of the molecule is Cc1nnc2nc(NC(C)c3cc(N)cc(C(F)(F)F)c3)c3c(n12)CN(C(=O)N1CCOCC1)C3. The maximum absolute atomic E-state index is 13.3. The number of fused-ring (bicyclic) bond motifs is 3. The molecule has 1 fully saturated rings. The van der Waals surface area contributed by atoms with Crippen LogP contribution < -0.4 is 11.1 Å². The third kappa shape index (κ3) is 4.31. The Bertz CT molecular complexity index is 1290. The molecule has 1 atom stereocenters. The van der Waals surface area contributed by atoms with E-state index in [9.17, 15) is 18.0 Å². The molecule has 1 saturated heterocycles. The molecule has 1 aromatic carbocycles. The van der Waals surface area contributed by atoms with Crippen LogP contribution in [0, 0.1) is 6.92 Å². The number of halogens is 3. The van der Waals surface area contributed by atoms with Crippen molar-refractivity contribution in [1.82, 2.24) is 29.4 Å². The van der Waals surface area contributed by atoms with E-state index in [2.05, 4.69) is 20.5 Å². The number of rotatable bonds is 3. The lowest BCUT2D eigenvalue weighted by Gasteiger charge is -2.30. The first kappa shape index (κ1) is 23.1. The van der Waals surface area contributed by atoms with Crippen molar-refractivity contribution in [3.05, 3.63) is 46.4 Å². The van der Waals surface area contributed by atoms with Crippen LogP contribution in [-0.2, 0) is 24.0 Å². The highest BCUT2D eigenvalue weighted by Gasteiger charge is 2.34. The lowest BCUT2D eigenvalue weighted by Crippen LogP contribution is -2.46. The summed E-state index contributed by atoms with van der Waals surface area (Å²) < 4.78 is 47.1. The zero-order valence-corrected chi connectivity index (χ0v) is 19.3. The van der Waals surface area contributed by atoms with Crippen LogP contribution in [-0.4, -0.2) is 61.7 Å². The van der Waals surface area contributed by atoms with Gasteiger partial charge in [-0.15, -0.1) is 10.2 Å². The molecular weight excluding hydrogens is 465 g/mol. The molecule has 0 radical (unpaired) electrons. The van der Waals surface area contributed by atoms with Gasteiger partial charge in [0.25, 0.3) is 5.78 Å². The standard InChI is InChI=1S/C22H25F3N8O2/c1-12(14-7-15(22(23,24)25)9-16(26)8-14)27-19-17-10-32(21(34)31-3-5-35-6-4-31)11-18(17)33-13(2)29-30-20(33)28-19/h7-9,12H,3-6,10-11,26H2,1-2H3,(H,27,28,30). The van der Waals surface area contributed by atoms with Gasteiger partial charge in [0.1, 0.15) is 11.6 Å². The van der Waals surface area contributed by atoms with Gasteiger partial charge < -0.3 is 25.6 Å². The summed E-state index contributed by atoms with van der Waals surface area (Å²) in [5, 5.41) is 11.4. The van der Waals surface area contributed by atoms with Gasteiger partial charge in [0.2, 0.25) is 0 Å². The van der Waals surface area contributed by atoms with Crippen LogP contribution in [0.4, 0.5) is 29.5 Å². The molecule has 0 aliphatic carbocycles. The van der Waals surface area contributed by atoms with Gasteiger partial charge in [-0.1, -0.05) is 0 Å². The number of ether oxygens (including phenoxy) is 1. The fourth-order valence-corrected chi connectivity index (χ4v) is 4.53. The van der Waals surface area contributed by atoms with E-state index in [0.29, 0.717) is 62.4 Å². The first-order valence-electron chi connectivity index (χ1n) is 11.2. The van der Waals surface area contributed by atoms with Crippen molar-refractivity contribution in [1.29, 1.82) is 0 Å². The van der Waals surface area contributed by atoms with Crippen molar-refractivity contribution in [2.45, 2.75) is 39.2 Å². The molecule has 2 aromatic heterocycles. The number of alkyl halides is 3. The summed E-state index contributed by atoms with van der Waals surface area (Å²) in [6, 6.07) is 2.83. The summed E-state index contributed by atoms with van der Waals surface area (Å²) in [5.41, 5.74) is 6.91. The van der Waals surface area contributed by atoms with E-state index < -0.39 is 17.8 Å². The number of morpholine rings is 1. The van der Waals surface area contributed by atoms with Gasteiger partial charge in [0.15, 0.2) is 0 Å². The van der Waals surface area contributed by atoms with Crippen molar-refractivity contribution in [2.24, 2.45) is 0 Å². The van der Waals surface area contributed by atoms with Gasteiger partial charge in [-0.05, 0) is 37.6 Å². The molecule has 0 saturated carbocycles. The maximum Gasteiger partial charge on any atom is 0.416 e. The van der Waals surface area contributed by atoms with Crippen LogP contribution >= 0.6 is 0 Å². The molecule has 5 rings (SSSR count). The number of anilines is 2. The number of carbonyl (C=O) groups is 1. The Hall–Kier alpha value is -3.61. The predicted octanol–water partition coefficient (Wildman–Crippen LogP) is 2.97. The van der Waals surface area contributed by atoms with Gasteiger partial charge in [-0.2, -0.15) is 18.2 Å². The highest BCUT2D eigenvalue weighted by Crippen LogP contribution is 2.35. The molecule has 0 bridgehead atoms. The van der Waals surface area contributed by atoms with Crippen molar-refractivity contribution in [2.75, 3.05) is 37.4 Å². The summed E-state index contributed by atoms with van der Waals surface area (Å²) in [5.74, 6) is 1.43. The first-order valence-corrected chi connectivity index (χ1v) is 11.2. The average molecular weight is 490 g/mol. The third-order valence-corrected chi connectivity index (χ3v) is 6.32. The third-order valence-electron chi connectivity index (χ3n) is 6.32. The average Bonchev–Trinajstić information content (AvgIpc) is 3.42. The maximum atomic E-state index is 13.3. The molecule has 2 aliphatic rings. The molecular formula is C22H25F3N8O2. The van der Waals surface area contributed by atoms with Crippen LogP contribution in [0.25, 0.3) is 5.78 Å². The van der Waals surface area contributed by atoms with Gasteiger partial charge in [-0.25, -0.2) is 4.79 Å². The fraction of sp³-hybridized carbons (Fsp3) is 0.455. The highest BCUT2D eigenvalue weighted by atomic mass is 19.4. The fourth-order valence-electron chi connectivity index (χ4n) is 4.53. The lowest BCUT2D eigenvalue weighted by molar-refractivity contribution is -0.137. The number of hydrogen-bond donors (Lipinski definition) is 2. The summed E-state index contributed by atoms with van der Waals surface area (Å²) in [6.45, 7) is 6.19. The molecule has 0 spiro atoms. The smallest absolute Gasteiger partial charge is 0.399 e. The highest BCUT2D eigenvalue weighted by molar-refractivity contribution is 5.76. The second-order valence-electron chi connectivity index (χ2n) is 8.76. The number of nitrogen functional groups attached to an aromatic ring is 1. The van der Waals surface area contributed by atoms with Gasteiger partial charge in [0.05, 0.1) is 43.6 Å². The lowest BCUT2D eigenvalue weighted by atomic mass is 10.0. The number of hydrogen-bond acceptors (Lipinski definition) is 7. The number of nitrogens with one attached hydrogen (secondary N) is 1. The quantitative estimate of drug-likeness (QED) is 0.543. The molecule has 3 N–H and O–H groups in total. The minimum absolute atomic E-state index is 0.0208. The number of aryl methyl sites for hydroxylation is 1. The largest absolute Gasteiger partial charge is 0.416 e. The van der Waals surface area contributed by atoms with Crippen LogP contribution in [0.5, 0.6) is 0 Å². The Balaban J connectivity index is 1.48. The second kappa shape index (κ2) is 8.56. The first-order chi connectivity index (χ1) is 16.6. The summed E-state index contributed by atoms with van der Waals surface area (Å²) in [7, 11) is 0. The number of benzene rings is 1. The molecule has 13 heteroatoms. The van der Waals surface area contributed by atoms with Crippen molar-refractivity contribution >= 4 is 23.3 Å². The Morgan fingerprint density at radius 1 is 1.14 bits per heavy atom. The van der Waals surface area contributed by atoms with Crippen LogP contribution in [0.2, 0.25) is 0 Å². The molecule has 2 aliphatic heterocycles. The number of aromatic nitrogens is 4. The Morgan fingerprint density at radius 2 is 1.89 bits per heavy atom. The van der Waals surface area contributed by atoms with Gasteiger partial charge in [0, 0.05) is 24.3 Å². The molecule has 10 nitrogen and oxygen atoms in total. The van der Waals surface area contributed by atoms with E-state index in [1.54, 1.807) is 28.0 Å². The van der Waals surface area contributed by atoms with E-state index in [-0.39, 0.29) is 11.7 Å². The second-order valence-corrected chi connectivity index (χ2v) is 8.76. The number of amides is 2. The van der Waals surface area contributed by atoms with Gasteiger partial charge in [-0.3, -0.25) is 4.40 Å². The molecule has 2 amide bonds. The number of carbonyl (C=O) groups excluding carboxylic acids is 1. The molecule has 4 heterocycles. The summed E-state index contributed by atoms with van der Waals surface area (Å²) in [4.78, 5) is 21.2. The predicted molar refractivity (Wildman–Crippen MR) is 120 cm³/mol. The summed E-state index contributed by atoms with van der Waals surface area (Å²) in [6.07, 6.45) is -4.51. The van der Waals surface area contributed by atoms with E-state index in [1.165, 1.54) is 6.07 Å². The van der Waals surface area contributed by atoms with Crippen LogP contribution in [0.15, 0.2) is 18.2 Å². The normalized spacial score (nSPS) is 17.1. The van der Waals surface area contributed by atoms with E-state index in [4.69, 9.17) is 10.5 Å². The summed E-state index contributed by atoms with van der Waals surface area (Å²) >= 11 is 0. The molecule has 1 unspecified atom stereocenters. The van der Waals surface area contributed by atoms with E-state index in [1.807, 2.05) is 0 Å².